The monoisotopic (exact) mass is 339 g/mol. The molecule has 98 valence electrons. The molecule has 0 atom stereocenters. The minimum atomic E-state index is 0.251. The Bertz CT molecular complexity index is 618. The van der Waals surface area contributed by atoms with Crippen LogP contribution in [0.5, 0.6) is 11.5 Å². The predicted molar refractivity (Wildman–Crippen MR) is 79.0 cm³/mol. The summed E-state index contributed by atoms with van der Waals surface area (Å²) in [4.78, 5) is 0. The molecule has 2 aromatic rings. The van der Waals surface area contributed by atoms with Crippen LogP contribution in [0.4, 0.5) is 5.69 Å². The summed E-state index contributed by atoms with van der Waals surface area (Å²) in [6, 6.07) is 11.8. The summed E-state index contributed by atoms with van der Waals surface area (Å²) in [5, 5.41) is 3.92. The maximum Gasteiger partial charge on any atom is 0.231 e. The third-order valence-corrected chi connectivity index (χ3v) is 3.64. The molecule has 5 heteroatoms. The number of hydrogen-bond donors (Lipinski definition) is 1. The Balaban J connectivity index is 1.77. The van der Waals surface area contributed by atoms with Crippen molar-refractivity contribution in [3.05, 3.63) is 51.5 Å². The molecule has 1 N–H and O–H groups in total. The second-order valence-corrected chi connectivity index (χ2v) is 5.49. The fraction of sp³-hybridized carbons (Fsp3) is 0.143. The summed E-state index contributed by atoms with van der Waals surface area (Å²) >= 11 is 9.65. The van der Waals surface area contributed by atoms with Gasteiger partial charge in [0.25, 0.3) is 0 Å². The molecular weight excluding hydrogens is 330 g/mol. The van der Waals surface area contributed by atoms with Crippen LogP contribution < -0.4 is 14.8 Å². The van der Waals surface area contributed by atoms with Crippen LogP contribution in [0, 0.1) is 0 Å². The minimum absolute atomic E-state index is 0.251. The first-order valence-corrected chi connectivity index (χ1v) is 6.97. The maximum atomic E-state index is 6.20. The average molecular weight is 341 g/mol. The summed E-state index contributed by atoms with van der Waals surface area (Å²) < 4.78 is 11.7. The smallest absolute Gasteiger partial charge is 0.231 e. The van der Waals surface area contributed by atoms with Crippen molar-refractivity contribution in [2.75, 3.05) is 12.1 Å². The summed E-state index contributed by atoms with van der Waals surface area (Å²) in [5.41, 5.74) is 2.01. The zero-order valence-electron chi connectivity index (χ0n) is 9.95. The van der Waals surface area contributed by atoms with E-state index < -0.39 is 0 Å². The van der Waals surface area contributed by atoms with Gasteiger partial charge in [0.1, 0.15) is 0 Å². The predicted octanol–water partition coefficient (Wildman–Crippen LogP) is 4.44. The first-order chi connectivity index (χ1) is 9.22. The SMILES string of the molecule is Clc1cc2c(cc1NCc1cccc(Br)c1)OCO2. The lowest BCUT2D eigenvalue weighted by Gasteiger charge is -2.09. The molecule has 0 bridgehead atoms. The molecule has 2 aromatic carbocycles. The number of halogens is 2. The first kappa shape index (κ1) is 12.6. The highest BCUT2D eigenvalue weighted by molar-refractivity contribution is 9.10. The number of benzene rings is 2. The molecule has 0 saturated heterocycles. The number of nitrogens with one attached hydrogen (secondary N) is 1. The lowest BCUT2D eigenvalue weighted by atomic mass is 10.2. The van der Waals surface area contributed by atoms with Crippen LogP contribution in [0.25, 0.3) is 0 Å². The fourth-order valence-corrected chi connectivity index (χ4v) is 2.56. The van der Waals surface area contributed by atoms with Crippen LogP contribution in [-0.4, -0.2) is 6.79 Å². The molecule has 0 radical (unpaired) electrons. The largest absolute Gasteiger partial charge is 0.454 e. The van der Waals surface area contributed by atoms with E-state index in [1.807, 2.05) is 18.2 Å². The van der Waals surface area contributed by atoms with E-state index in [0.29, 0.717) is 17.3 Å². The van der Waals surface area contributed by atoms with E-state index in [1.54, 1.807) is 6.07 Å². The Morgan fingerprint density at radius 3 is 2.74 bits per heavy atom. The van der Waals surface area contributed by atoms with E-state index >= 15 is 0 Å². The van der Waals surface area contributed by atoms with E-state index in [-0.39, 0.29) is 6.79 Å². The Labute approximate surface area is 124 Å². The lowest BCUT2D eigenvalue weighted by Crippen LogP contribution is -2.00. The number of anilines is 1. The average Bonchev–Trinajstić information content (AvgIpc) is 2.83. The van der Waals surface area contributed by atoms with Crippen LogP contribution in [0.2, 0.25) is 5.02 Å². The first-order valence-electron chi connectivity index (χ1n) is 5.80. The van der Waals surface area contributed by atoms with Crippen LogP contribution in [0.15, 0.2) is 40.9 Å². The number of ether oxygens (including phenoxy) is 2. The number of rotatable bonds is 3. The van der Waals surface area contributed by atoms with Crippen molar-refractivity contribution >= 4 is 33.2 Å². The molecule has 3 rings (SSSR count). The lowest BCUT2D eigenvalue weighted by molar-refractivity contribution is 0.174. The van der Waals surface area contributed by atoms with Crippen LogP contribution >= 0.6 is 27.5 Å². The van der Waals surface area contributed by atoms with E-state index in [0.717, 1.165) is 15.9 Å². The van der Waals surface area contributed by atoms with Crippen molar-refractivity contribution in [3.8, 4) is 11.5 Å². The third-order valence-electron chi connectivity index (χ3n) is 2.83. The van der Waals surface area contributed by atoms with Crippen molar-refractivity contribution in [2.45, 2.75) is 6.54 Å². The second-order valence-electron chi connectivity index (χ2n) is 4.17. The van der Waals surface area contributed by atoms with Crippen molar-refractivity contribution in [2.24, 2.45) is 0 Å². The molecule has 0 unspecified atom stereocenters. The standard InChI is InChI=1S/C14H11BrClNO2/c15-10-3-1-2-9(4-10)7-17-12-6-14-13(5-11(12)16)18-8-19-14/h1-6,17H,7-8H2. The molecule has 0 amide bonds. The minimum Gasteiger partial charge on any atom is -0.454 e. The van der Waals surface area contributed by atoms with Gasteiger partial charge in [0.2, 0.25) is 6.79 Å². The molecule has 3 nitrogen and oxygen atoms in total. The second kappa shape index (κ2) is 5.31. The van der Waals surface area contributed by atoms with Gasteiger partial charge < -0.3 is 14.8 Å². The normalized spacial score (nSPS) is 12.5. The van der Waals surface area contributed by atoms with E-state index in [4.69, 9.17) is 21.1 Å². The summed E-state index contributed by atoms with van der Waals surface area (Å²) in [5.74, 6) is 1.42. The van der Waals surface area contributed by atoms with Gasteiger partial charge >= 0.3 is 0 Å². The molecule has 19 heavy (non-hydrogen) atoms. The highest BCUT2D eigenvalue weighted by atomic mass is 79.9. The Hall–Kier alpha value is -1.39. The molecule has 0 spiro atoms. The highest BCUT2D eigenvalue weighted by Crippen LogP contribution is 2.39. The Kier molecular flexibility index (Phi) is 3.53. The van der Waals surface area contributed by atoms with Gasteiger partial charge in [-0.3, -0.25) is 0 Å². The van der Waals surface area contributed by atoms with Crippen molar-refractivity contribution in [1.29, 1.82) is 0 Å². The van der Waals surface area contributed by atoms with Gasteiger partial charge in [0.15, 0.2) is 11.5 Å². The molecule has 1 aliphatic rings. The quantitative estimate of drug-likeness (QED) is 0.896. The highest BCUT2D eigenvalue weighted by Gasteiger charge is 2.16. The van der Waals surface area contributed by atoms with Gasteiger partial charge in [-0.05, 0) is 17.7 Å². The van der Waals surface area contributed by atoms with Crippen LogP contribution in [0.3, 0.4) is 0 Å². The van der Waals surface area contributed by atoms with Crippen LogP contribution in [-0.2, 0) is 6.54 Å². The van der Waals surface area contributed by atoms with Gasteiger partial charge in [0, 0.05) is 23.2 Å². The van der Waals surface area contributed by atoms with Crippen molar-refractivity contribution < 1.29 is 9.47 Å². The summed E-state index contributed by atoms with van der Waals surface area (Å²) in [6.45, 7) is 0.944. The van der Waals surface area contributed by atoms with E-state index in [2.05, 4.69) is 33.4 Å². The fourth-order valence-electron chi connectivity index (χ4n) is 1.90. The van der Waals surface area contributed by atoms with Gasteiger partial charge in [0.05, 0.1) is 10.7 Å². The van der Waals surface area contributed by atoms with E-state index in [1.165, 1.54) is 5.56 Å². The number of fused-ring (bicyclic) bond motifs is 1. The molecular formula is C14H11BrClNO2. The Morgan fingerprint density at radius 1 is 1.16 bits per heavy atom. The summed E-state index contributed by atoms with van der Waals surface area (Å²) in [6.07, 6.45) is 0. The Morgan fingerprint density at radius 2 is 1.95 bits per heavy atom. The molecule has 0 fully saturated rings. The van der Waals surface area contributed by atoms with E-state index in [9.17, 15) is 0 Å². The zero-order valence-corrected chi connectivity index (χ0v) is 12.3. The maximum absolute atomic E-state index is 6.20. The van der Waals surface area contributed by atoms with Gasteiger partial charge in [-0.25, -0.2) is 0 Å². The summed E-state index contributed by atoms with van der Waals surface area (Å²) in [7, 11) is 0. The van der Waals surface area contributed by atoms with Gasteiger partial charge in [-0.2, -0.15) is 0 Å². The number of hydrogen-bond acceptors (Lipinski definition) is 3. The topological polar surface area (TPSA) is 30.5 Å². The van der Waals surface area contributed by atoms with Crippen LogP contribution in [0.1, 0.15) is 5.56 Å². The molecule has 0 aromatic heterocycles. The molecule has 1 aliphatic heterocycles. The van der Waals surface area contributed by atoms with Crippen molar-refractivity contribution in [3.63, 3.8) is 0 Å². The van der Waals surface area contributed by atoms with Crippen molar-refractivity contribution in [1.82, 2.24) is 0 Å². The molecule has 1 heterocycles. The third kappa shape index (κ3) is 2.80. The van der Waals surface area contributed by atoms with Gasteiger partial charge in [-0.15, -0.1) is 0 Å². The molecule has 0 aliphatic carbocycles. The van der Waals surface area contributed by atoms with Gasteiger partial charge in [-0.1, -0.05) is 39.7 Å². The zero-order chi connectivity index (χ0) is 13.2. The molecule has 0 saturated carbocycles.